The molecule has 5 nitrogen and oxygen atoms in total. The summed E-state index contributed by atoms with van der Waals surface area (Å²) in [7, 11) is -15.8. The molecule has 80 valence electrons. The van der Waals surface area contributed by atoms with Crippen LogP contribution in [-0.4, -0.2) is 17.5 Å². The van der Waals surface area contributed by atoms with E-state index < -0.39 is 28.9 Å². The van der Waals surface area contributed by atoms with E-state index in [0.29, 0.717) is 6.66 Å². The third-order valence-electron chi connectivity index (χ3n) is 0.644. The lowest BCUT2D eigenvalue weighted by molar-refractivity contribution is 0.318. The van der Waals surface area contributed by atoms with E-state index in [2.05, 4.69) is 4.31 Å². The molecule has 0 aromatic rings. The molecule has 0 aliphatic rings. The van der Waals surface area contributed by atoms with Crippen LogP contribution in [0.2, 0.25) is 0 Å². The van der Waals surface area contributed by atoms with Crippen LogP contribution >= 0.6 is 23.0 Å². The molecule has 11 heteroatoms. The van der Waals surface area contributed by atoms with Crippen molar-refractivity contribution in [3.05, 3.63) is 0 Å². The van der Waals surface area contributed by atoms with Gasteiger partial charge in [0.15, 0.2) is 0 Å². The van der Waals surface area contributed by atoms with E-state index in [1.54, 1.807) is 0 Å². The highest BCUT2D eigenvalue weighted by Gasteiger charge is 2.39. The van der Waals surface area contributed by atoms with Gasteiger partial charge in [-0.15, -0.1) is 4.20 Å². The van der Waals surface area contributed by atoms with Crippen LogP contribution in [0, 0.1) is 0 Å². The summed E-state index contributed by atoms with van der Waals surface area (Å²) in [4.78, 5) is 7.79. The van der Waals surface area contributed by atoms with Gasteiger partial charge in [0.2, 0.25) is 0 Å². The summed E-state index contributed by atoms with van der Waals surface area (Å²) in [6, 6.07) is 0. The molecule has 3 atom stereocenters. The molecule has 0 bridgehead atoms. The van der Waals surface area contributed by atoms with Gasteiger partial charge in [0.25, 0.3) is 7.45 Å². The van der Waals surface area contributed by atoms with Gasteiger partial charge >= 0.3 is 15.6 Å². The van der Waals surface area contributed by atoms with Gasteiger partial charge in [0.1, 0.15) is 5.90 Å². The Morgan fingerprint density at radius 3 is 1.85 bits per heavy atom. The van der Waals surface area contributed by atoms with E-state index in [0.717, 1.165) is 0 Å². The van der Waals surface area contributed by atoms with Crippen molar-refractivity contribution in [2.24, 2.45) is 0 Å². The maximum atomic E-state index is 12.4. The third kappa shape index (κ3) is 8.72. The molecule has 1 N–H and O–H groups in total. The van der Waals surface area contributed by atoms with Gasteiger partial charge in [-0.25, -0.2) is 8.88 Å². The minimum Gasteiger partial charge on any atom is -0.299 e. The fourth-order valence-electron chi connectivity index (χ4n) is 0.478. The first kappa shape index (κ1) is 13.4. The average Bonchev–Trinajstić information content (AvgIpc) is 1.43. The van der Waals surface area contributed by atoms with E-state index >= 15 is 0 Å². The molecular formula is C2H6F3O5P3. The van der Waals surface area contributed by atoms with Crippen LogP contribution in [0.5, 0.6) is 0 Å². The van der Waals surface area contributed by atoms with E-state index in [1.807, 2.05) is 0 Å². The molecule has 0 fully saturated rings. The van der Waals surface area contributed by atoms with Crippen LogP contribution < -0.4 is 0 Å². The quantitative estimate of drug-likeness (QED) is 0.785. The standard InChI is InChI=1S/C2H6F3O5P3/c1-11(3,6)2-12(4,7)10-13(5,8)9/h2H2,1H3,(H,8,9). The highest BCUT2D eigenvalue weighted by atomic mass is 31.3. The molecule has 0 amide bonds. The number of halogens is 3. The molecule has 0 rings (SSSR count). The van der Waals surface area contributed by atoms with Gasteiger partial charge in [-0.05, 0) is 0 Å². The minimum absolute atomic E-state index is 0.434. The Morgan fingerprint density at radius 1 is 1.23 bits per heavy atom. The third-order valence-corrected chi connectivity index (χ3v) is 5.80. The first-order valence-electron chi connectivity index (χ1n) is 2.70. The molecule has 0 aromatic heterocycles. The van der Waals surface area contributed by atoms with Gasteiger partial charge in [-0.1, -0.05) is 0 Å². The predicted molar refractivity (Wildman–Crippen MR) is 40.2 cm³/mol. The van der Waals surface area contributed by atoms with Crippen LogP contribution in [0.15, 0.2) is 0 Å². The number of hydrogen-bond acceptors (Lipinski definition) is 4. The van der Waals surface area contributed by atoms with Gasteiger partial charge in [0.05, 0.1) is 0 Å². The zero-order chi connectivity index (χ0) is 10.9. The molecule has 3 unspecified atom stereocenters. The zero-order valence-electron chi connectivity index (χ0n) is 6.26. The van der Waals surface area contributed by atoms with Gasteiger partial charge < -0.3 is 0 Å². The fourth-order valence-corrected chi connectivity index (χ4v) is 4.77. The number of hydrogen-bond donors (Lipinski definition) is 1. The normalized spacial score (nSPS) is 25.6. The molecular weight excluding hydrogens is 254 g/mol. The molecule has 0 aliphatic carbocycles. The summed E-state index contributed by atoms with van der Waals surface area (Å²) in [5.74, 6) is -1.71. The van der Waals surface area contributed by atoms with Crippen molar-refractivity contribution in [2.75, 3.05) is 12.6 Å². The second-order valence-corrected chi connectivity index (χ2v) is 8.09. The summed E-state index contributed by atoms with van der Waals surface area (Å²) in [5.41, 5.74) is 0. The largest absolute Gasteiger partial charge is 0.517 e. The molecule has 0 saturated heterocycles. The Balaban J connectivity index is 4.54. The predicted octanol–water partition coefficient (Wildman–Crippen LogP) is 3.07. The van der Waals surface area contributed by atoms with Crippen LogP contribution in [0.4, 0.5) is 12.6 Å². The van der Waals surface area contributed by atoms with E-state index in [-0.39, 0.29) is 0 Å². The van der Waals surface area contributed by atoms with E-state index in [9.17, 15) is 26.3 Å². The van der Waals surface area contributed by atoms with Crippen molar-refractivity contribution in [3.8, 4) is 0 Å². The lowest BCUT2D eigenvalue weighted by Gasteiger charge is -2.09. The number of rotatable bonds is 4. The summed E-state index contributed by atoms with van der Waals surface area (Å²) in [5, 5.41) is 0. The zero-order valence-corrected chi connectivity index (χ0v) is 8.95. The van der Waals surface area contributed by atoms with Crippen molar-refractivity contribution in [3.63, 3.8) is 0 Å². The smallest absolute Gasteiger partial charge is 0.299 e. The summed E-state index contributed by atoms with van der Waals surface area (Å²) in [6.07, 6.45) is 0. The Kier molecular flexibility index (Phi) is 3.99. The Morgan fingerprint density at radius 2 is 1.62 bits per heavy atom. The molecule has 0 radical (unpaired) electrons. The Labute approximate surface area is 72.0 Å². The lowest BCUT2D eigenvalue weighted by atomic mass is 11.9. The van der Waals surface area contributed by atoms with Gasteiger partial charge in [-0.2, -0.15) is 8.39 Å². The average molecular weight is 260 g/mol. The summed E-state index contributed by atoms with van der Waals surface area (Å²) < 4.78 is 69.7. The van der Waals surface area contributed by atoms with Crippen LogP contribution in [0.25, 0.3) is 0 Å². The SMILES string of the molecule is CP(=O)(F)CP(=O)(F)OP(=O)(O)F. The van der Waals surface area contributed by atoms with Crippen LogP contribution in [0.3, 0.4) is 0 Å². The van der Waals surface area contributed by atoms with Crippen molar-refractivity contribution < 1.29 is 35.5 Å². The highest BCUT2D eigenvalue weighted by Crippen LogP contribution is 2.69. The minimum atomic E-state index is -5.80. The molecule has 0 aliphatic heterocycles. The Hall–Kier alpha value is 0.400. The molecule has 0 heterocycles. The first-order chi connectivity index (χ1) is 5.41. The Bertz CT molecular complexity index is 287. The van der Waals surface area contributed by atoms with Crippen LogP contribution in [-0.2, 0) is 18.0 Å². The van der Waals surface area contributed by atoms with E-state index in [1.165, 1.54) is 0 Å². The summed E-state index contributed by atoms with van der Waals surface area (Å²) in [6.45, 7) is 0.434. The summed E-state index contributed by atoms with van der Waals surface area (Å²) >= 11 is 0. The second-order valence-electron chi connectivity index (χ2n) is 2.25. The molecule has 0 saturated carbocycles. The maximum Gasteiger partial charge on any atom is 0.517 e. The van der Waals surface area contributed by atoms with Crippen molar-refractivity contribution in [1.29, 1.82) is 0 Å². The fraction of sp³-hybridized carbons (Fsp3) is 1.00. The lowest BCUT2D eigenvalue weighted by Crippen LogP contribution is -1.86. The van der Waals surface area contributed by atoms with E-state index in [4.69, 9.17) is 4.89 Å². The van der Waals surface area contributed by atoms with Gasteiger partial charge in [0, 0.05) is 6.66 Å². The monoisotopic (exact) mass is 260 g/mol. The molecule has 0 aromatic carbocycles. The highest BCUT2D eigenvalue weighted by molar-refractivity contribution is 7.76. The first-order valence-corrected chi connectivity index (χ1v) is 8.10. The molecule has 0 spiro atoms. The second kappa shape index (κ2) is 3.87. The molecule has 13 heavy (non-hydrogen) atoms. The topological polar surface area (TPSA) is 80.7 Å². The van der Waals surface area contributed by atoms with Crippen molar-refractivity contribution >= 4 is 23.0 Å². The van der Waals surface area contributed by atoms with Crippen LogP contribution in [0.1, 0.15) is 0 Å². The van der Waals surface area contributed by atoms with Crippen molar-refractivity contribution in [2.45, 2.75) is 0 Å². The van der Waals surface area contributed by atoms with Crippen molar-refractivity contribution in [1.82, 2.24) is 0 Å². The van der Waals surface area contributed by atoms with Gasteiger partial charge in [-0.3, -0.25) is 14.0 Å². The maximum absolute atomic E-state index is 12.4.